The number of hydrogen-bond acceptors (Lipinski definition) is 5. The van der Waals surface area contributed by atoms with E-state index < -0.39 is 24.1 Å². The lowest BCUT2D eigenvalue weighted by Crippen LogP contribution is -2.56. The molecule has 1 rings (SSSR count). The van der Waals surface area contributed by atoms with Gasteiger partial charge < -0.3 is 21.5 Å². The summed E-state index contributed by atoms with van der Waals surface area (Å²) in [4.78, 5) is 38.6. The number of rotatable bonds is 6. The fourth-order valence-corrected chi connectivity index (χ4v) is 1.45. The first-order valence-corrected chi connectivity index (χ1v) is 5.56. The minimum Gasteiger partial charge on any atom is -0.480 e. The highest BCUT2D eigenvalue weighted by molar-refractivity contribution is 5.81. The van der Waals surface area contributed by atoms with E-state index in [0.29, 0.717) is 6.54 Å². The van der Waals surface area contributed by atoms with Crippen LogP contribution in [0.15, 0.2) is 17.1 Å². The van der Waals surface area contributed by atoms with Crippen molar-refractivity contribution in [3.63, 3.8) is 0 Å². The Balaban J connectivity index is 2.80. The van der Waals surface area contributed by atoms with Crippen LogP contribution in [-0.4, -0.2) is 51.1 Å². The molecule has 19 heavy (non-hydrogen) atoms. The predicted octanol–water partition coefficient (Wildman–Crippen LogP) is -3.02. The second-order valence-electron chi connectivity index (χ2n) is 3.83. The molecular weight excluding hydrogens is 254 g/mol. The molecule has 1 amide bonds. The highest BCUT2D eigenvalue weighted by atomic mass is 16.4. The number of anilines is 1. The van der Waals surface area contributed by atoms with E-state index in [1.807, 2.05) is 0 Å². The highest BCUT2D eigenvalue weighted by Gasteiger charge is 2.17. The summed E-state index contributed by atoms with van der Waals surface area (Å²) in [7, 11) is 0. The summed E-state index contributed by atoms with van der Waals surface area (Å²) >= 11 is 0. The first-order chi connectivity index (χ1) is 8.93. The summed E-state index contributed by atoms with van der Waals surface area (Å²) in [6, 6.07) is 1.39. The number of nitrogens with two attached hydrogens (primary N) is 1. The van der Waals surface area contributed by atoms with Crippen LogP contribution in [0.2, 0.25) is 0 Å². The zero-order chi connectivity index (χ0) is 14.4. The van der Waals surface area contributed by atoms with Crippen molar-refractivity contribution in [3.8, 4) is 0 Å². The largest absolute Gasteiger partial charge is 0.480 e. The minimum absolute atomic E-state index is 0.0637. The second-order valence-corrected chi connectivity index (χ2v) is 3.83. The maximum atomic E-state index is 11.9. The van der Waals surface area contributed by atoms with Crippen molar-refractivity contribution in [2.45, 2.75) is 6.54 Å². The van der Waals surface area contributed by atoms with Crippen molar-refractivity contribution in [1.29, 1.82) is 0 Å². The smallest absolute Gasteiger partial charge is 0.349 e. The summed E-state index contributed by atoms with van der Waals surface area (Å²) in [5.41, 5.74) is 8.24. The lowest BCUT2D eigenvalue weighted by atomic mass is 10.4. The molecule has 0 spiro atoms. The Hall–Kier alpha value is -2.42. The zero-order valence-corrected chi connectivity index (χ0v) is 10.3. The molecule has 1 aromatic heterocycles. The number of carboxylic acid groups (broad SMARTS) is 1. The molecule has 0 bridgehead atoms. The van der Waals surface area contributed by atoms with Gasteiger partial charge in [-0.3, -0.25) is 14.2 Å². The van der Waals surface area contributed by atoms with Gasteiger partial charge in [-0.1, -0.05) is 0 Å². The average Bonchev–Trinajstić information content (AvgIpc) is 2.31. The van der Waals surface area contributed by atoms with Crippen LogP contribution in [0, 0.1) is 0 Å². The molecule has 0 aliphatic heterocycles. The van der Waals surface area contributed by atoms with E-state index in [0.717, 1.165) is 9.47 Å². The normalized spacial score (nSPS) is 10.2. The molecule has 0 radical (unpaired) electrons. The van der Waals surface area contributed by atoms with Crippen molar-refractivity contribution in [2.75, 3.05) is 25.4 Å². The quantitative estimate of drug-likeness (QED) is 0.501. The van der Waals surface area contributed by atoms with Gasteiger partial charge in [0, 0.05) is 6.20 Å². The summed E-state index contributed by atoms with van der Waals surface area (Å²) in [5, 5.41) is 8.70. The van der Waals surface area contributed by atoms with Gasteiger partial charge in [0.25, 0.3) is 0 Å². The molecular formula is C10H16N5O4+. The molecule has 0 aromatic carbocycles. The molecule has 0 fully saturated rings. The number of nitrogen functional groups attached to an aromatic ring is 1. The molecule has 0 unspecified atom stereocenters. The standard InChI is InChI=1S/C10H15N5O4/c11-2-4-14(6-9(17)18)8(16)5-15-3-1-7(12)13-10(15)19/h1,3H,2,4-6,11H2,(H,17,18)(H2,12,13,19)/p+1. The van der Waals surface area contributed by atoms with Crippen molar-refractivity contribution < 1.29 is 20.4 Å². The number of carbonyl (C=O) groups is 2. The molecule has 0 saturated carbocycles. The Labute approximate surface area is 108 Å². The molecule has 1 heterocycles. The lowest BCUT2D eigenvalue weighted by Gasteiger charge is -2.19. The van der Waals surface area contributed by atoms with E-state index in [4.69, 9.17) is 10.8 Å². The van der Waals surface area contributed by atoms with E-state index in [2.05, 4.69) is 10.7 Å². The van der Waals surface area contributed by atoms with Crippen molar-refractivity contribution >= 4 is 17.7 Å². The average molecular weight is 270 g/mol. The van der Waals surface area contributed by atoms with Gasteiger partial charge in [0.15, 0.2) is 0 Å². The van der Waals surface area contributed by atoms with Crippen molar-refractivity contribution in [1.82, 2.24) is 14.5 Å². The van der Waals surface area contributed by atoms with E-state index in [1.54, 1.807) is 0 Å². The van der Waals surface area contributed by atoms with Crippen LogP contribution in [-0.2, 0) is 16.1 Å². The lowest BCUT2D eigenvalue weighted by molar-refractivity contribution is -0.368. The van der Waals surface area contributed by atoms with Gasteiger partial charge in [0.2, 0.25) is 5.91 Å². The van der Waals surface area contributed by atoms with Crippen LogP contribution in [0.25, 0.3) is 0 Å². The molecule has 0 atom stereocenters. The van der Waals surface area contributed by atoms with Gasteiger partial charge in [-0.25, -0.2) is 4.79 Å². The first-order valence-electron chi connectivity index (χ1n) is 5.56. The Kier molecular flexibility index (Phi) is 5.01. The Bertz CT molecular complexity index is 527. The highest BCUT2D eigenvalue weighted by Crippen LogP contribution is 1.94. The van der Waals surface area contributed by atoms with Crippen LogP contribution in [0.1, 0.15) is 0 Å². The predicted molar refractivity (Wildman–Crippen MR) is 64.9 cm³/mol. The number of aromatic nitrogens is 2. The molecule has 9 nitrogen and oxygen atoms in total. The summed E-state index contributed by atoms with van der Waals surface area (Å²) in [5.74, 6) is -1.54. The number of carbonyl (C=O) groups excluding carboxylic acids is 1. The molecule has 0 saturated heterocycles. The SMILES string of the molecule is Nc1ccn(CC(=O)N(CC[NH3+])CC(=O)O)c(=O)n1. The monoisotopic (exact) mass is 270 g/mol. The molecule has 9 heteroatoms. The third-order valence-corrected chi connectivity index (χ3v) is 2.31. The van der Waals surface area contributed by atoms with Gasteiger partial charge in [0.05, 0.1) is 13.1 Å². The summed E-state index contributed by atoms with van der Waals surface area (Å²) < 4.78 is 1.07. The maximum Gasteiger partial charge on any atom is 0.349 e. The Morgan fingerprint density at radius 1 is 1.53 bits per heavy atom. The first kappa shape index (κ1) is 14.6. The number of nitrogens with zero attached hydrogens (tertiary/aromatic N) is 3. The van der Waals surface area contributed by atoms with Crippen LogP contribution >= 0.6 is 0 Å². The van der Waals surface area contributed by atoms with Gasteiger partial charge in [0.1, 0.15) is 18.9 Å². The number of aliphatic carboxylic acids is 1. The van der Waals surface area contributed by atoms with Gasteiger partial charge in [-0.05, 0) is 6.07 Å². The Morgan fingerprint density at radius 3 is 2.74 bits per heavy atom. The van der Waals surface area contributed by atoms with Crippen LogP contribution in [0.4, 0.5) is 5.82 Å². The third kappa shape index (κ3) is 4.39. The topological polar surface area (TPSA) is 146 Å². The fourth-order valence-electron chi connectivity index (χ4n) is 1.45. The number of hydrogen-bond donors (Lipinski definition) is 3. The van der Waals surface area contributed by atoms with E-state index in [-0.39, 0.29) is 18.9 Å². The number of quaternary nitrogens is 1. The van der Waals surface area contributed by atoms with Gasteiger partial charge >= 0.3 is 11.7 Å². The van der Waals surface area contributed by atoms with Crippen LogP contribution in [0.3, 0.4) is 0 Å². The van der Waals surface area contributed by atoms with Crippen LogP contribution in [0.5, 0.6) is 0 Å². The van der Waals surface area contributed by atoms with E-state index >= 15 is 0 Å². The maximum absolute atomic E-state index is 11.9. The van der Waals surface area contributed by atoms with Gasteiger partial charge in [-0.15, -0.1) is 0 Å². The van der Waals surface area contributed by atoms with E-state index in [9.17, 15) is 14.4 Å². The molecule has 6 N–H and O–H groups in total. The fraction of sp³-hybridized carbons (Fsp3) is 0.400. The molecule has 0 aliphatic carbocycles. The minimum atomic E-state index is -1.12. The number of carboxylic acids is 1. The molecule has 104 valence electrons. The van der Waals surface area contributed by atoms with Crippen molar-refractivity contribution in [3.05, 3.63) is 22.7 Å². The number of amides is 1. The Morgan fingerprint density at radius 2 is 2.21 bits per heavy atom. The second kappa shape index (κ2) is 6.50. The molecule has 1 aromatic rings. The summed E-state index contributed by atoms with van der Waals surface area (Å²) in [6.07, 6.45) is 1.34. The van der Waals surface area contributed by atoms with Crippen LogP contribution < -0.4 is 17.2 Å². The third-order valence-electron chi connectivity index (χ3n) is 2.31. The van der Waals surface area contributed by atoms with E-state index in [1.165, 1.54) is 12.3 Å². The van der Waals surface area contributed by atoms with Gasteiger partial charge in [-0.2, -0.15) is 4.98 Å². The summed E-state index contributed by atoms with van der Waals surface area (Å²) in [6.45, 7) is -0.110. The zero-order valence-electron chi connectivity index (χ0n) is 10.3. The molecule has 0 aliphatic rings. The van der Waals surface area contributed by atoms with Crippen molar-refractivity contribution in [2.24, 2.45) is 0 Å².